The molecule has 7 heteroatoms. The van der Waals surface area contributed by atoms with Gasteiger partial charge in [-0.2, -0.15) is 0 Å². The van der Waals surface area contributed by atoms with E-state index in [2.05, 4.69) is 26.1 Å². The molecule has 2 rings (SSSR count). The first kappa shape index (κ1) is 12.0. The third-order valence-corrected chi connectivity index (χ3v) is 2.81. The van der Waals surface area contributed by atoms with Gasteiger partial charge in [0, 0.05) is 39.6 Å². The van der Waals surface area contributed by atoms with Gasteiger partial charge in [-0.1, -0.05) is 0 Å². The van der Waals surface area contributed by atoms with Gasteiger partial charge in [-0.15, -0.1) is 10.2 Å². The van der Waals surface area contributed by atoms with Crippen molar-refractivity contribution in [1.82, 2.24) is 30.7 Å². The predicted octanol–water partition coefficient (Wildman–Crippen LogP) is -1.96. The molecule has 0 saturated carbocycles. The van der Waals surface area contributed by atoms with Crippen LogP contribution in [-0.2, 0) is 18.3 Å². The summed E-state index contributed by atoms with van der Waals surface area (Å²) in [6.45, 7) is 3.03. The number of nitrogens with one attached hydrogen (secondary N) is 3. The highest BCUT2D eigenvalue weighted by molar-refractivity contribution is 5.82. The number of piperazine rings is 1. The summed E-state index contributed by atoms with van der Waals surface area (Å²) < 4.78 is 1.85. The van der Waals surface area contributed by atoms with Gasteiger partial charge in [-0.05, 0) is 0 Å². The molecule has 1 aliphatic heterocycles. The van der Waals surface area contributed by atoms with Crippen LogP contribution in [0.15, 0.2) is 6.33 Å². The molecule has 0 spiro atoms. The zero-order chi connectivity index (χ0) is 12.1. The lowest BCUT2D eigenvalue weighted by Crippen LogP contribution is -2.55. The molecule has 1 aliphatic rings. The Morgan fingerprint density at radius 3 is 3.18 bits per heavy atom. The standard InChI is InChI=1S/C10H18N6O/c1-16-7-14-15-9(16)2-3-13-10(17)8-6-11-4-5-12-8/h7-8,11-12H,2-6H2,1H3,(H,13,17). The molecule has 7 nitrogen and oxygen atoms in total. The van der Waals surface area contributed by atoms with Gasteiger partial charge >= 0.3 is 0 Å². The van der Waals surface area contributed by atoms with Crippen molar-refractivity contribution < 1.29 is 4.79 Å². The number of amides is 1. The monoisotopic (exact) mass is 238 g/mol. The fourth-order valence-corrected chi connectivity index (χ4v) is 1.79. The van der Waals surface area contributed by atoms with Crippen molar-refractivity contribution >= 4 is 5.91 Å². The minimum absolute atomic E-state index is 0.0411. The summed E-state index contributed by atoms with van der Waals surface area (Å²) >= 11 is 0. The van der Waals surface area contributed by atoms with E-state index >= 15 is 0 Å². The molecule has 0 bridgehead atoms. The van der Waals surface area contributed by atoms with Gasteiger partial charge in [-0.25, -0.2) is 0 Å². The predicted molar refractivity (Wildman–Crippen MR) is 62.4 cm³/mol. The number of aryl methyl sites for hydroxylation is 1. The second-order valence-corrected chi connectivity index (χ2v) is 4.11. The molecule has 1 atom stereocenters. The Labute approximate surface area is 100.0 Å². The highest BCUT2D eigenvalue weighted by Crippen LogP contribution is 1.92. The number of nitrogens with zero attached hydrogens (tertiary/aromatic N) is 3. The summed E-state index contributed by atoms with van der Waals surface area (Å²) in [5.41, 5.74) is 0. The highest BCUT2D eigenvalue weighted by Gasteiger charge is 2.19. The van der Waals surface area contributed by atoms with Crippen molar-refractivity contribution in [3.63, 3.8) is 0 Å². The normalized spacial score (nSPS) is 20.2. The Bertz CT molecular complexity index is 371. The van der Waals surface area contributed by atoms with Crippen LogP contribution < -0.4 is 16.0 Å². The van der Waals surface area contributed by atoms with Crippen molar-refractivity contribution in [2.45, 2.75) is 12.5 Å². The lowest BCUT2D eigenvalue weighted by Gasteiger charge is -2.23. The van der Waals surface area contributed by atoms with Crippen molar-refractivity contribution in [2.24, 2.45) is 7.05 Å². The van der Waals surface area contributed by atoms with E-state index in [1.807, 2.05) is 11.6 Å². The zero-order valence-corrected chi connectivity index (χ0v) is 9.94. The summed E-state index contributed by atoms with van der Waals surface area (Å²) in [5, 5.41) is 17.0. The molecule has 3 N–H and O–H groups in total. The lowest BCUT2D eigenvalue weighted by atomic mass is 10.2. The van der Waals surface area contributed by atoms with Crippen LogP contribution in [0.4, 0.5) is 0 Å². The van der Waals surface area contributed by atoms with Gasteiger partial charge in [0.05, 0.1) is 6.04 Å². The maximum atomic E-state index is 11.8. The van der Waals surface area contributed by atoms with E-state index in [1.165, 1.54) is 0 Å². The summed E-state index contributed by atoms with van der Waals surface area (Å²) in [6, 6.07) is -0.122. The smallest absolute Gasteiger partial charge is 0.238 e. The molecule has 1 saturated heterocycles. The van der Waals surface area contributed by atoms with Crippen LogP contribution in [0.5, 0.6) is 0 Å². The van der Waals surface area contributed by atoms with E-state index in [0.29, 0.717) is 19.5 Å². The minimum Gasteiger partial charge on any atom is -0.354 e. The third kappa shape index (κ3) is 3.24. The van der Waals surface area contributed by atoms with Crippen molar-refractivity contribution in [1.29, 1.82) is 0 Å². The number of carbonyl (C=O) groups is 1. The summed E-state index contributed by atoms with van der Waals surface area (Å²) in [7, 11) is 1.89. The van der Waals surface area contributed by atoms with E-state index in [4.69, 9.17) is 0 Å². The van der Waals surface area contributed by atoms with Crippen LogP contribution in [0.2, 0.25) is 0 Å². The average Bonchev–Trinajstić information content (AvgIpc) is 2.76. The highest BCUT2D eigenvalue weighted by atomic mass is 16.2. The maximum Gasteiger partial charge on any atom is 0.238 e. The van der Waals surface area contributed by atoms with E-state index in [1.54, 1.807) is 6.33 Å². The lowest BCUT2D eigenvalue weighted by molar-refractivity contribution is -0.123. The Morgan fingerprint density at radius 1 is 1.65 bits per heavy atom. The first-order valence-electron chi connectivity index (χ1n) is 5.82. The Kier molecular flexibility index (Phi) is 4.05. The second kappa shape index (κ2) is 5.74. The molecule has 17 heavy (non-hydrogen) atoms. The van der Waals surface area contributed by atoms with E-state index in [0.717, 1.165) is 18.9 Å². The number of carbonyl (C=O) groups excluding carboxylic acids is 1. The van der Waals surface area contributed by atoms with Crippen LogP contribution in [0.1, 0.15) is 5.82 Å². The van der Waals surface area contributed by atoms with Crippen LogP contribution in [0.3, 0.4) is 0 Å². The van der Waals surface area contributed by atoms with Crippen molar-refractivity contribution in [3.05, 3.63) is 12.2 Å². The Morgan fingerprint density at radius 2 is 2.53 bits per heavy atom. The van der Waals surface area contributed by atoms with Gasteiger partial charge in [-0.3, -0.25) is 4.79 Å². The van der Waals surface area contributed by atoms with Crippen LogP contribution in [0.25, 0.3) is 0 Å². The van der Waals surface area contributed by atoms with Gasteiger partial charge < -0.3 is 20.5 Å². The first-order chi connectivity index (χ1) is 8.27. The largest absolute Gasteiger partial charge is 0.354 e. The van der Waals surface area contributed by atoms with Crippen molar-refractivity contribution in [2.75, 3.05) is 26.2 Å². The van der Waals surface area contributed by atoms with Crippen molar-refractivity contribution in [3.8, 4) is 0 Å². The van der Waals surface area contributed by atoms with Gasteiger partial charge in [0.2, 0.25) is 5.91 Å². The Hall–Kier alpha value is -1.47. The quantitative estimate of drug-likeness (QED) is 0.567. The second-order valence-electron chi connectivity index (χ2n) is 4.11. The van der Waals surface area contributed by atoms with Crippen LogP contribution in [-0.4, -0.2) is 52.9 Å². The molecule has 94 valence electrons. The molecule has 0 aliphatic carbocycles. The van der Waals surface area contributed by atoms with Crippen LogP contribution >= 0.6 is 0 Å². The number of aromatic nitrogens is 3. The summed E-state index contributed by atoms with van der Waals surface area (Å²) in [5.74, 6) is 0.916. The molecule has 1 aromatic rings. The SMILES string of the molecule is Cn1cnnc1CCNC(=O)C1CNCCN1. The number of rotatable bonds is 4. The molecule has 1 unspecified atom stereocenters. The molecule has 0 aromatic carbocycles. The Balaban J connectivity index is 1.71. The fraction of sp³-hybridized carbons (Fsp3) is 0.700. The molecule has 1 amide bonds. The number of hydrogen-bond donors (Lipinski definition) is 3. The molecule has 0 radical (unpaired) electrons. The van der Waals surface area contributed by atoms with E-state index in [9.17, 15) is 4.79 Å². The molecule has 1 fully saturated rings. The van der Waals surface area contributed by atoms with Gasteiger partial charge in [0.25, 0.3) is 0 Å². The molecule has 2 heterocycles. The molecule has 1 aromatic heterocycles. The summed E-state index contributed by atoms with van der Waals surface area (Å²) in [6.07, 6.45) is 2.35. The minimum atomic E-state index is -0.122. The van der Waals surface area contributed by atoms with Gasteiger partial charge in [0.1, 0.15) is 12.2 Å². The van der Waals surface area contributed by atoms with E-state index < -0.39 is 0 Å². The molecular weight excluding hydrogens is 220 g/mol. The van der Waals surface area contributed by atoms with E-state index in [-0.39, 0.29) is 11.9 Å². The fourth-order valence-electron chi connectivity index (χ4n) is 1.79. The average molecular weight is 238 g/mol. The topological polar surface area (TPSA) is 83.9 Å². The third-order valence-electron chi connectivity index (χ3n) is 2.81. The summed E-state index contributed by atoms with van der Waals surface area (Å²) in [4.78, 5) is 11.8. The zero-order valence-electron chi connectivity index (χ0n) is 9.94. The first-order valence-corrected chi connectivity index (χ1v) is 5.82. The molecular formula is C10H18N6O. The van der Waals surface area contributed by atoms with Gasteiger partial charge in [0.15, 0.2) is 0 Å². The van der Waals surface area contributed by atoms with Crippen LogP contribution in [0, 0.1) is 0 Å². The number of hydrogen-bond acceptors (Lipinski definition) is 5. The maximum absolute atomic E-state index is 11.8.